The second kappa shape index (κ2) is 34.5. The molecular formula is C39H68NO10P. The molecule has 4 N–H and O–H groups in total. The predicted molar refractivity (Wildman–Crippen MR) is 203 cm³/mol. The first-order valence-corrected chi connectivity index (χ1v) is 20.7. The minimum atomic E-state index is -4.72. The van der Waals surface area contributed by atoms with E-state index in [1.165, 1.54) is 51.4 Å². The molecule has 0 spiro atoms. The fraction of sp³-hybridized carbons (Fsp3) is 0.718. The van der Waals surface area contributed by atoms with E-state index >= 15 is 0 Å². The molecule has 0 aliphatic heterocycles. The second-order valence-corrected chi connectivity index (χ2v) is 14.1. The number of carbonyl (C=O) groups excluding carboxylic acids is 2. The number of carboxylic acid groups (broad SMARTS) is 1. The van der Waals surface area contributed by atoms with Gasteiger partial charge in [-0.1, -0.05) is 133 Å². The van der Waals surface area contributed by atoms with Gasteiger partial charge in [0.2, 0.25) is 0 Å². The highest BCUT2D eigenvalue weighted by Crippen LogP contribution is 2.43. The van der Waals surface area contributed by atoms with Gasteiger partial charge >= 0.3 is 25.7 Å². The zero-order chi connectivity index (χ0) is 37.8. The van der Waals surface area contributed by atoms with Crippen molar-refractivity contribution in [3.8, 4) is 0 Å². The summed E-state index contributed by atoms with van der Waals surface area (Å²) in [5, 5.41) is 8.86. The van der Waals surface area contributed by atoms with Gasteiger partial charge in [0.1, 0.15) is 12.6 Å². The van der Waals surface area contributed by atoms with Crippen molar-refractivity contribution in [3.63, 3.8) is 0 Å². The first-order valence-electron chi connectivity index (χ1n) is 19.2. The van der Waals surface area contributed by atoms with Crippen LogP contribution in [0.3, 0.4) is 0 Å². The normalized spacial score (nSPS) is 14.4. The SMILES string of the molecule is CC/C=C/C/C=C/C/C=C/C/C=C/CCCCC(=O)OC[C@H](COP(=O)(O)OC[C@H](N)C(=O)O)OC(=O)CCCCCCCCCCCCCC. The van der Waals surface area contributed by atoms with E-state index in [4.69, 9.17) is 24.8 Å². The van der Waals surface area contributed by atoms with Gasteiger partial charge in [-0.2, -0.15) is 0 Å². The average Bonchev–Trinajstić information content (AvgIpc) is 3.10. The molecule has 12 heteroatoms. The number of aliphatic carboxylic acids is 1. The minimum Gasteiger partial charge on any atom is -0.480 e. The monoisotopic (exact) mass is 741 g/mol. The number of allylic oxidation sites excluding steroid dienone is 8. The van der Waals surface area contributed by atoms with Crippen LogP contribution in [-0.4, -0.2) is 59.9 Å². The lowest BCUT2D eigenvalue weighted by Gasteiger charge is -2.20. The van der Waals surface area contributed by atoms with Crippen LogP contribution in [0.1, 0.15) is 149 Å². The number of rotatable bonds is 35. The highest BCUT2D eigenvalue weighted by Gasteiger charge is 2.28. The molecule has 0 fully saturated rings. The molecule has 0 saturated carbocycles. The number of unbranched alkanes of at least 4 members (excludes halogenated alkanes) is 13. The Balaban J connectivity index is 4.51. The van der Waals surface area contributed by atoms with Crippen LogP contribution in [0.4, 0.5) is 0 Å². The minimum absolute atomic E-state index is 0.153. The molecule has 0 aromatic carbocycles. The van der Waals surface area contributed by atoms with Crippen LogP contribution >= 0.6 is 7.82 Å². The zero-order valence-electron chi connectivity index (χ0n) is 31.4. The summed E-state index contributed by atoms with van der Waals surface area (Å²) in [6, 6.07) is -1.53. The van der Waals surface area contributed by atoms with Crippen LogP contribution in [0.2, 0.25) is 0 Å². The number of esters is 2. The fourth-order valence-corrected chi connectivity index (χ4v) is 5.60. The molecule has 11 nitrogen and oxygen atoms in total. The summed E-state index contributed by atoms with van der Waals surface area (Å²) in [6.07, 6.45) is 36.1. The van der Waals surface area contributed by atoms with Crippen LogP contribution in [0, 0.1) is 0 Å². The summed E-state index contributed by atoms with van der Waals surface area (Å²) in [7, 11) is -4.72. The van der Waals surface area contributed by atoms with E-state index in [0.717, 1.165) is 57.8 Å². The third-order valence-corrected chi connectivity index (χ3v) is 8.79. The number of hydrogen-bond acceptors (Lipinski definition) is 9. The average molecular weight is 742 g/mol. The van der Waals surface area contributed by atoms with Crippen LogP contribution in [0.15, 0.2) is 48.6 Å². The molecule has 0 aliphatic carbocycles. The fourth-order valence-electron chi connectivity index (χ4n) is 4.82. The molecule has 0 heterocycles. The van der Waals surface area contributed by atoms with Crippen molar-refractivity contribution in [2.75, 3.05) is 19.8 Å². The number of carboxylic acids is 1. The van der Waals surface area contributed by atoms with E-state index in [-0.39, 0.29) is 19.4 Å². The molecular weight excluding hydrogens is 673 g/mol. The van der Waals surface area contributed by atoms with Gasteiger partial charge in [0.15, 0.2) is 6.10 Å². The van der Waals surface area contributed by atoms with E-state index in [1.807, 2.05) is 0 Å². The molecule has 51 heavy (non-hydrogen) atoms. The first-order chi connectivity index (χ1) is 24.6. The molecule has 294 valence electrons. The van der Waals surface area contributed by atoms with Crippen LogP contribution in [-0.2, 0) is 37.5 Å². The van der Waals surface area contributed by atoms with Crippen molar-refractivity contribution < 1.29 is 47.5 Å². The molecule has 0 aliphatic rings. The number of nitrogens with two attached hydrogens (primary N) is 1. The Morgan fingerprint density at radius 3 is 1.65 bits per heavy atom. The van der Waals surface area contributed by atoms with Crippen LogP contribution < -0.4 is 5.73 Å². The molecule has 0 bridgehead atoms. The smallest absolute Gasteiger partial charge is 0.472 e. The summed E-state index contributed by atoms with van der Waals surface area (Å²) in [4.78, 5) is 45.7. The van der Waals surface area contributed by atoms with E-state index in [9.17, 15) is 23.8 Å². The van der Waals surface area contributed by atoms with E-state index in [1.54, 1.807) is 0 Å². The quantitative estimate of drug-likeness (QED) is 0.0244. The third-order valence-electron chi connectivity index (χ3n) is 7.84. The molecule has 0 amide bonds. The lowest BCUT2D eigenvalue weighted by molar-refractivity contribution is -0.161. The maximum Gasteiger partial charge on any atom is 0.472 e. The number of phosphoric acid groups is 1. The van der Waals surface area contributed by atoms with E-state index in [2.05, 4.69) is 67.0 Å². The summed E-state index contributed by atoms with van der Waals surface area (Å²) < 4.78 is 32.5. The molecule has 0 aromatic heterocycles. The Morgan fingerprint density at radius 2 is 1.10 bits per heavy atom. The summed E-state index contributed by atoms with van der Waals surface area (Å²) in [5.74, 6) is -2.44. The molecule has 1 unspecified atom stereocenters. The maximum atomic E-state index is 12.5. The van der Waals surface area contributed by atoms with Gasteiger partial charge in [-0.3, -0.25) is 23.4 Å². The number of ether oxygens (including phenoxy) is 2. The largest absolute Gasteiger partial charge is 0.480 e. The van der Waals surface area contributed by atoms with Gasteiger partial charge in [-0.05, 0) is 51.4 Å². The van der Waals surface area contributed by atoms with Crippen molar-refractivity contribution in [2.45, 2.75) is 161 Å². The summed E-state index contributed by atoms with van der Waals surface area (Å²) >= 11 is 0. The molecule has 0 saturated heterocycles. The van der Waals surface area contributed by atoms with Gasteiger partial charge in [-0.25, -0.2) is 4.57 Å². The van der Waals surface area contributed by atoms with Crippen molar-refractivity contribution in [2.24, 2.45) is 5.73 Å². The Labute approximate surface area is 307 Å². The van der Waals surface area contributed by atoms with Crippen molar-refractivity contribution >= 4 is 25.7 Å². The topological polar surface area (TPSA) is 172 Å². The predicted octanol–water partition coefficient (Wildman–Crippen LogP) is 9.44. The zero-order valence-corrected chi connectivity index (χ0v) is 32.3. The van der Waals surface area contributed by atoms with Gasteiger partial charge in [0.25, 0.3) is 0 Å². The first kappa shape index (κ1) is 48.4. The van der Waals surface area contributed by atoms with Crippen LogP contribution in [0.25, 0.3) is 0 Å². The van der Waals surface area contributed by atoms with Gasteiger partial charge in [-0.15, -0.1) is 0 Å². The van der Waals surface area contributed by atoms with Gasteiger partial charge in [0, 0.05) is 12.8 Å². The lowest BCUT2D eigenvalue weighted by atomic mass is 10.0. The van der Waals surface area contributed by atoms with Crippen molar-refractivity contribution in [1.82, 2.24) is 0 Å². The van der Waals surface area contributed by atoms with Crippen LogP contribution in [0.5, 0.6) is 0 Å². The molecule has 0 radical (unpaired) electrons. The number of carbonyl (C=O) groups is 3. The Kier molecular flexibility index (Phi) is 32.8. The van der Waals surface area contributed by atoms with E-state index < -0.39 is 51.1 Å². The number of phosphoric ester groups is 1. The Morgan fingerprint density at radius 1 is 0.627 bits per heavy atom. The third kappa shape index (κ3) is 34.3. The summed E-state index contributed by atoms with van der Waals surface area (Å²) in [6.45, 7) is 2.61. The lowest BCUT2D eigenvalue weighted by Crippen LogP contribution is -2.34. The summed E-state index contributed by atoms with van der Waals surface area (Å²) in [5.41, 5.74) is 5.31. The van der Waals surface area contributed by atoms with Gasteiger partial charge in [0.05, 0.1) is 13.2 Å². The van der Waals surface area contributed by atoms with Crippen molar-refractivity contribution in [3.05, 3.63) is 48.6 Å². The Hall–Kier alpha value is -2.56. The van der Waals surface area contributed by atoms with Gasteiger partial charge < -0.3 is 25.2 Å². The standard InChI is InChI=1S/C39H68NO10P/c1-3-5-7-9-11-13-15-17-18-19-21-22-24-26-28-30-37(41)47-32-35(33-48-51(45,46)49-34-36(40)39(43)44)50-38(42)31-29-27-25-23-20-16-14-12-10-8-6-4-2/h5,7,11,13,17-18,21-22,35-36H,3-4,6,8-10,12,14-16,19-20,23-34,40H2,1-2H3,(H,43,44)(H,45,46)/b7-5+,13-11+,18-17+,22-21+/t35-,36+/m1/s1. The molecule has 3 atom stereocenters. The number of hydrogen-bond donors (Lipinski definition) is 3. The molecule has 0 aromatic rings. The van der Waals surface area contributed by atoms with Crippen molar-refractivity contribution in [1.29, 1.82) is 0 Å². The second-order valence-electron chi connectivity index (χ2n) is 12.7. The molecule has 0 rings (SSSR count). The highest BCUT2D eigenvalue weighted by molar-refractivity contribution is 7.47. The maximum absolute atomic E-state index is 12.5. The van der Waals surface area contributed by atoms with E-state index in [0.29, 0.717) is 12.8 Å². The highest BCUT2D eigenvalue weighted by atomic mass is 31.2. The Bertz CT molecular complexity index is 1060.